The second-order valence-electron chi connectivity index (χ2n) is 6.67. The van der Waals surface area contributed by atoms with Crippen molar-refractivity contribution in [1.82, 2.24) is 4.72 Å². The molecule has 3 aromatic carbocycles. The molecule has 4 rings (SSSR count). The summed E-state index contributed by atoms with van der Waals surface area (Å²) < 4.78 is 28.6. The topological polar surface area (TPSA) is 66.5 Å². The Kier molecular flexibility index (Phi) is 4.25. The zero-order chi connectivity index (χ0) is 19.2. The van der Waals surface area contributed by atoms with Crippen molar-refractivity contribution in [3.8, 4) is 0 Å². The number of rotatable bonds is 5. The molecule has 6 heteroatoms. The van der Waals surface area contributed by atoms with Gasteiger partial charge in [-0.1, -0.05) is 42.0 Å². The molecule has 5 nitrogen and oxygen atoms in total. The van der Waals surface area contributed by atoms with E-state index in [0.29, 0.717) is 22.9 Å². The van der Waals surface area contributed by atoms with E-state index in [0.717, 1.165) is 16.8 Å². The molecule has 0 saturated heterocycles. The number of hydrogen-bond acceptors (Lipinski definition) is 3. The highest BCUT2D eigenvalue weighted by Crippen LogP contribution is 2.39. The van der Waals surface area contributed by atoms with Crippen LogP contribution >= 0.6 is 0 Å². The summed E-state index contributed by atoms with van der Waals surface area (Å²) in [5, 5.41) is 1.29. The standard InChI is InChI=1S/C21H20N2O3S/c1-3-23-18-10-11-19(16-8-5-9-17(20(16)18)21(23)24)27(25,26)22-13-15-7-4-6-14(2)12-15/h4-12,22H,3,13H2,1-2H3. The number of nitrogens with one attached hydrogen (secondary N) is 1. The normalized spacial score (nSPS) is 13.6. The third kappa shape index (κ3) is 2.91. The molecule has 1 aliphatic rings. The van der Waals surface area contributed by atoms with E-state index in [2.05, 4.69) is 4.72 Å². The van der Waals surface area contributed by atoms with E-state index >= 15 is 0 Å². The number of sulfonamides is 1. The van der Waals surface area contributed by atoms with Crippen molar-refractivity contribution in [2.75, 3.05) is 11.4 Å². The SMILES string of the molecule is CCN1C(=O)c2cccc3c(S(=O)(=O)NCc4cccc(C)c4)ccc1c23. The molecule has 1 aliphatic heterocycles. The van der Waals surface area contributed by atoms with Crippen LogP contribution in [0.1, 0.15) is 28.4 Å². The van der Waals surface area contributed by atoms with Crippen molar-refractivity contribution in [2.24, 2.45) is 0 Å². The second kappa shape index (κ2) is 6.48. The molecule has 0 spiro atoms. The van der Waals surface area contributed by atoms with Gasteiger partial charge in [-0.3, -0.25) is 4.79 Å². The van der Waals surface area contributed by atoms with E-state index in [-0.39, 0.29) is 17.3 Å². The van der Waals surface area contributed by atoms with Crippen molar-refractivity contribution >= 4 is 32.4 Å². The molecule has 1 amide bonds. The lowest BCUT2D eigenvalue weighted by Gasteiger charge is -2.15. The van der Waals surface area contributed by atoms with E-state index in [1.807, 2.05) is 38.1 Å². The molecule has 3 aromatic rings. The van der Waals surface area contributed by atoms with Gasteiger partial charge >= 0.3 is 0 Å². The Labute approximate surface area is 158 Å². The van der Waals surface area contributed by atoms with Crippen LogP contribution in [0.3, 0.4) is 0 Å². The minimum Gasteiger partial charge on any atom is -0.308 e. The number of benzene rings is 3. The van der Waals surface area contributed by atoms with Gasteiger partial charge in [0.05, 0.1) is 10.6 Å². The Morgan fingerprint density at radius 2 is 1.81 bits per heavy atom. The lowest BCUT2D eigenvalue weighted by molar-refractivity contribution is 0.0994. The first-order chi connectivity index (χ1) is 12.9. The van der Waals surface area contributed by atoms with Crippen LogP contribution in [-0.4, -0.2) is 20.9 Å². The number of carbonyl (C=O) groups is 1. The quantitative estimate of drug-likeness (QED) is 0.735. The predicted molar refractivity (Wildman–Crippen MR) is 107 cm³/mol. The maximum atomic E-state index is 13.0. The van der Waals surface area contributed by atoms with Gasteiger partial charge in [0.1, 0.15) is 0 Å². The van der Waals surface area contributed by atoms with E-state index in [1.54, 1.807) is 35.2 Å². The zero-order valence-electron chi connectivity index (χ0n) is 15.2. The number of carbonyl (C=O) groups excluding carboxylic acids is 1. The smallest absolute Gasteiger partial charge is 0.258 e. The van der Waals surface area contributed by atoms with E-state index in [1.165, 1.54) is 0 Å². The van der Waals surface area contributed by atoms with Gasteiger partial charge < -0.3 is 4.90 Å². The van der Waals surface area contributed by atoms with Gasteiger partial charge in [-0.05, 0) is 37.6 Å². The van der Waals surface area contributed by atoms with Crippen molar-refractivity contribution in [2.45, 2.75) is 25.3 Å². The molecule has 0 aliphatic carbocycles. The first-order valence-corrected chi connectivity index (χ1v) is 10.3. The van der Waals surface area contributed by atoms with Gasteiger partial charge in [-0.25, -0.2) is 13.1 Å². The molecule has 0 aromatic heterocycles. The van der Waals surface area contributed by atoms with Crippen LogP contribution in [0.15, 0.2) is 59.5 Å². The molecule has 138 valence electrons. The minimum absolute atomic E-state index is 0.0830. The summed E-state index contributed by atoms with van der Waals surface area (Å²) in [5.74, 6) is -0.0830. The van der Waals surface area contributed by atoms with Gasteiger partial charge in [-0.2, -0.15) is 0 Å². The molecule has 0 radical (unpaired) electrons. The zero-order valence-corrected chi connectivity index (χ0v) is 16.0. The highest BCUT2D eigenvalue weighted by atomic mass is 32.2. The highest BCUT2D eigenvalue weighted by molar-refractivity contribution is 7.89. The Hall–Kier alpha value is -2.70. The van der Waals surface area contributed by atoms with E-state index in [4.69, 9.17) is 0 Å². The average Bonchev–Trinajstić information content (AvgIpc) is 2.93. The second-order valence-corrected chi connectivity index (χ2v) is 8.41. The Morgan fingerprint density at radius 3 is 2.56 bits per heavy atom. The first-order valence-electron chi connectivity index (χ1n) is 8.85. The van der Waals surface area contributed by atoms with Crippen LogP contribution in [0.2, 0.25) is 0 Å². The number of hydrogen-bond donors (Lipinski definition) is 1. The van der Waals surface area contributed by atoms with E-state index in [9.17, 15) is 13.2 Å². The Balaban J connectivity index is 1.76. The van der Waals surface area contributed by atoms with Crippen LogP contribution in [-0.2, 0) is 16.6 Å². The summed E-state index contributed by atoms with van der Waals surface area (Å²) >= 11 is 0. The summed E-state index contributed by atoms with van der Waals surface area (Å²) in [6.07, 6.45) is 0. The third-order valence-corrected chi connectivity index (χ3v) is 6.36. The van der Waals surface area contributed by atoms with Gasteiger partial charge in [0.15, 0.2) is 0 Å². The summed E-state index contributed by atoms with van der Waals surface area (Å²) in [7, 11) is -3.73. The maximum absolute atomic E-state index is 13.0. The van der Waals surface area contributed by atoms with Crippen molar-refractivity contribution in [3.05, 3.63) is 71.3 Å². The van der Waals surface area contributed by atoms with Crippen LogP contribution in [0.25, 0.3) is 10.8 Å². The number of anilines is 1. The van der Waals surface area contributed by atoms with Crippen LogP contribution in [0.5, 0.6) is 0 Å². The molecule has 0 atom stereocenters. The molecular formula is C21H20N2O3S. The molecule has 27 heavy (non-hydrogen) atoms. The average molecular weight is 380 g/mol. The maximum Gasteiger partial charge on any atom is 0.258 e. The van der Waals surface area contributed by atoms with Crippen molar-refractivity contribution in [1.29, 1.82) is 0 Å². The molecule has 1 heterocycles. The van der Waals surface area contributed by atoms with Gasteiger partial charge in [-0.15, -0.1) is 0 Å². The third-order valence-electron chi connectivity index (χ3n) is 4.90. The Morgan fingerprint density at radius 1 is 1.04 bits per heavy atom. The summed E-state index contributed by atoms with van der Waals surface area (Å²) in [5.41, 5.74) is 3.30. The Bertz CT molecular complexity index is 1170. The summed E-state index contributed by atoms with van der Waals surface area (Å²) in [4.78, 5) is 14.4. The number of nitrogens with zero attached hydrogens (tertiary/aromatic N) is 1. The fraction of sp³-hybridized carbons (Fsp3) is 0.190. The van der Waals surface area contributed by atoms with Crippen molar-refractivity contribution in [3.63, 3.8) is 0 Å². The van der Waals surface area contributed by atoms with Crippen LogP contribution in [0.4, 0.5) is 5.69 Å². The van der Waals surface area contributed by atoms with Gasteiger partial charge in [0.2, 0.25) is 10.0 Å². The molecule has 0 bridgehead atoms. The number of aryl methyl sites for hydroxylation is 1. The highest BCUT2D eigenvalue weighted by Gasteiger charge is 2.31. The fourth-order valence-electron chi connectivity index (χ4n) is 3.65. The monoisotopic (exact) mass is 380 g/mol. The number of amides is 1. The minimum atomic E-state index is -3.73. The molecule has 0 fully saturated rings. The molecule has 0 unspecified atom stereocenters. The van der Waals surface area contributed by atoms with Gasteiger partial charge in [0, 0.05) is 29.4 Å². The first kappa shape index (κ1) is 17.7. The lowest BCUT2D eigenvalue weighted by atomic mass is 10.1. The summed E-state index contributed by atoms with van der Waals surface area (Å²) in [6.45, 7) is 4.63. The lowest BCUT2D eigenvalue weighted by Crippen LogP contribution is -2.26. The fourth-order valence-corrected chi connectivity index (χ4v) is 4.86. The molecular weight excluding hydrogens is 360 g/mol. The summed E-state index contributed by atoms with van der Waals surface area (Å²) in [6, 6.07) is 16.3. The van der Waals surface area contributed by atoms with Crippen LogP contribution < -0.4 is 9.62 Å². The van der Waals surface area contributed by atoms with E-state index < -0.39 is 10.0 Å². The van der Waals surface area contributed by atoms with Crippen LogP contribution in [0, 0.1) is 6.92 Å². The largest absolute Gasteiger partial charge is 0.308 e. The predicted octanol–water partition coefficient (Wildman–Crippen LogP) is 3.61. The molecule has 1 N–H and O–H groups in total. The van der Waals surface area contributed by atoms with Gasteiger partial charge in [0.25, 0.3) is 5.91 Å². The molecule has 0 saturated carbocycles. The van der Waals surface area contributed by atoms with Crippen molar-refractivity contribution < 1.29 is 13.2 Å².